The summed E-state index contributed by atoms with van der Waals surface area (Å²) in [6.45, 7) is -0.0259. The zero-order valence-electron chi connectivity index (χ0n) is 16.6. The van der Waals surface area contributed by atoms with Crippen LogP contribution in [0.4, 0.5) is 5.69 Å². The van der Waals surface area contributed by atoms with Gasteiger partial charge in [0.25, 0.3) is 5.91 Å². The Bertz CT molecular complexity index is 1310. The van der Waals surface area contributed by atoms with E-state index in [9.17, 15) is 18.0 Å². The molecule has 1 aromatic carbocycles. The Morgan fingerprint density at radius 2 is 2.00 bits per heavy atom. The van der Waals surface area contributed by atoms with Crippen LogP contribution in [0.2, 0.25) is 5.02 Å². The Kier molecular flexibility index (Phi) is 6.82. The number of halogens is 1. The highest BCUT2D eigenvalue weighted by molar-refractivity contribution is 7.90. The maximum absolute atomic E-state index is 12.5. The molecule has 2 aromatic heterocycles. The van der Waals surface area contributed by atoms with Crippen LogP contribution < -0.4 is 10.6 Å². The highest BCUT2D eigenvalue weighted by atomic mass is 35.5. The largest absolute Gasteiger partial charge is 0.345 e. The summed E-state index contributed by atoms with van der Waals surface area (Å²) in [4.78, 5) is 32.2. The number of benzene rings is 1. The smallest absolute Gasteiger partial charge is 0.251 e. The number of aromatic nitrogens is 4. The second-order valence-corrected chi connectivity index (χ2v) is 8.96. The first kappa shape index (κ1) is 22.9. The van der Waals surface area contributed by atoms with Gasteiger partial charge in [-0.1, -0.05) is 11.6 Å². The number of anilines is 1. The van der Waals surface area contributed by atoms with Gasteiger partial charge in [0, 0.05) is 16.8 Å². The number of nitriles is 1. The summed E-state index contributed by atoms with van der Waals surface area (Å²) in [7, 11) is -3.54. The average Bonchev–Trinajstić information content (AvgIpc) is 3.20. The molecule has 2 N–H and O–H groups in total. The Morgan fingerprint density at radius 1 is 1.22 bits per heavy atom. The topological polar surface area (TPSA) is 160 Å². The quantitative estimate of drug-likeness (QED) is 0.522. The van der Waals surface area contributed by atoms with Crippen molar-refractivity contribution in [3.63, 3.8) is 0 Å². The van der Waals surface area contributed by atoms with Crippen molar-refractivity contribution >= 4 is 38.9 Å². The summed E-state index contributed by atoms with van der Waals surface area (Å²) in [5.74, 6) is -0.258. The second kappa shape index (κ2) is 9.54. The molecule has 0 saturated carbocycles. The van der Waals surface area contributed by atoms with Crippen LogP contribution in [0, 0.1) is 11.3 Å². The third kappa shape index (κ3) is 5.65. The lowest BCUT2D eigenvalue weighted by Gasteiger charge is -2.09. The van der Waals surface area contributed by atoms with E-state index in [0.29, 0.717) is 17.3 Å². The predicted molar refractivity (Wildman–Crippen MR) is 114 cm³/mol. The fraction of sp³-hybridized carbons (Fsp3) is 0.158. The van der Waals surface area contributed by atoms with Crippen molar-refractivity contribution in [1.82, 2.24) is 25.1 Å². The molecule has 0 atom stereocenters. The SMILES string of the molecule is CS(=O)(=O)c1cc(Cl)cc(C(=O)NCc2ncnn2-c2ccc(NC(=O)CC#N)cn2)c1. The number of hydrogen-bond donors (Lipinski definition) is 2. The molecule has 0 unspecified atom stereocenters. The van der Waals surface area contributed by atoms with E-state index in [1.165, 1.54) is 35.4 Å². The first-order valence-electron chi connectivity index (χ1n) is 8.98. The van der Waals surface area contributed by atoms with E-state index in [1.807, 2.05) is 0 Å². The van der Waals surface area contributed by atoms with Crippen LogP contribution in [0.5, 0.6) is 0 Å². The number of carbonyl (C=O) groups excluding carboxylic acids is 2. The molecule has 2 amide bonds. The molecule has 3 rings (SSSR count). The van der Waals surface area contributed by atoms with Crippen LogP contribution in [-0.4, -0.2) is 46.2 Å². The Labute approximate surface area is 188 Å². The Balaban J connectivity index is 1.72. The van der Waals surface area contributed by atoms with Gasteiger partial charge in [-0.25, -0.2) is 18.4 Å². The van der Waals surface area contributed by atoms with Gasteiger partial charge < -0.3 is 10.6 Å². The molecule has 2 heterocycles. The number of sulfone groups is 1. The van der Waals surface area contributed by atoms with Crippen LogP contribution >= 0.6 is 11.6 Å². The van der Waals surface area contributed by atoms with Gasteiger partial charge in [0.05, 0.1) is 29.4 Å². The molecule has 0 spiro atoms. The van der Waals surface area contributed by atoms with Gasteiger partial charge in [0.15, 0.2) is 21.5 Å². The van der Waals surface area contributed by atoms with E-state index < -0.39 is 21.7 Å². The molecule has 0 aliphatic heterocycles. The fourth-order valence-corrected chi connectivity index (χ4v) is 3.59. The fourth-order valence-electron chi connectivity index (χ4n) is 2.61. The van der Waals surface area contributed by atoms with Crippen LogP contribution in [0.3, 0.4) is 0 Å². The third-order valence-corrected chi connectivity index (χ3v) is 5.39. The molecule has 13 heteroatoms. The summed E-state index contributed by atoms with van der Waals surface area (Å²) in [6.07, 6.45) is 3.43. The maximum Gasteiger partial charge on any atom is 0.251 e. The van der Waals surface area contributed by atoms with E-state index in [-0.39, 0.29) is 28.4 Å². The monoisotopic (exact) mass is 473 g/mol. The maximum atomic E-state index is 12.5. The molecule has 11 nitrogen and oxygen atoms in total. The molecular formula is C19H16ClN7O4S. The minimum atomic E-state index is -3.54. The van der Waals surface area contributed by atoms with Crippen molar-refractivity contribution in [3.05, 3.63) is 59.3 Å². The summed E-state index contributed by atoms with van der Waals surface area (Å²) in [5, 5.41) is 17.9. The van der Waals surface area contributed by atoms with Crippen molar-refractivity contribution in [2.45, 2.75) is 17.9 Å². The first-order chi connectivity index (χ1) is 15.2. The standard InChI is InChI=1S/C19H16ClN7O4S/c1-32(30,31)15-7-12(6-13(20)8-15)19(29)23-10-17-24-11-25-27(17)16-3-2-14(9-22-16)26-18(28)4-5-21/h2-3,6-9,11H,4,10H2,1H3,(H,23,29)(H,26,28). The molecule has 0 radical (unpaired) electrons. The van der Waals surface area contributed by atoms with Crippen molar-refractivity contribution in [1.29, 1.82) is 5.26 Å². The van der Waals surface area contributed by atoms with E-state index in [4.69, 9.17) is 16.9 Å². The number of amides is 2. The molecule has 0 saturated heterocycles. The van der Waals surface area contributed by atoms with Crippen LogP contribution in [0.15, 0.2) is 47.8 Å². The molecular weight excluding hydrogens is 458 g/mol. The zero-order valence-corrected chi connectivity index (χ0v) is 18.2. The lowest BCUT2D eigenvalue weighted by Crippen LogP contribution is -2.25. The number of carbonyl (C=O) groups is 2. The minimum Gasteiger partial charge on any atom is -0.345 e. The Hall–Kier alpha value is -3.82. The zero-order chi connectivity index (χ0) is 23.3. The predicted octanol–water partition coefficient (Wildman–Crippen LogP) is 1.50. The van der Waals surface area contributed by atoms with Gasteiger partial charge in [-0.05, 0) is 30.3 Å². The summed E-state index contributed by atoms with van der Waals surface area (Å²) < 4.78 is 24.9. The van der Waals surface area contributed by atoms with Gasteiger partial charge in [-0.2, -0.15) is 15.0 Å². The van der Waals surface area contributed by atoms with Gasteiger partial charge >= 0.3 is 0 Å². The van der Waals surface area contributed by atoms with Crippen LogP contribution in [0.25, 0.3) is 5.82 Å². The molecule has 32 heavy (non-hydrogen) atoms. The Morgan fingerprint density at radius 3 is 2.66 bits per heavy atom. The normalized spacial score (nSPS) is 10.9. The number of nitrogens with one attached hydrogen (secondary N) is 2. The second-order valence-electron chi connectivity index (χ2n) is 6.51. The summed E-state index contributed by atoms with van der Waals surface area (Å²) in [6, 6.07) is 8.78. The van der Waals surface area contributed by atoms with Gasteiger partial charge in [0.1, 0.15) is 12.7 Å². The lowest BCUT2D eigenvalue weighted by molar-refractivity contribution is -0.115. The van der Waals surface area contributed by atoms with Crippen LogP contribution in [-0.2, 0) is 21.2 Å². The number of rotatable bonds is 7. The molecule has 0 bridgehead atoms. The van der Waals surface area contributed by atoms with Crippen molar-refractivity contribution in [3.8, 4) is 11.9 Å². The summed E-state index contributed by atoms with van der Waals surface area (Å²) >= 11 is 5.95. The number of pyridine rings is 1. The van der Waals surface area contributed by atoms with Gasteiger partial charge in [-0.15, -0.1) is 0 Å². The third-order valence-electron chi connectivity index (χ3n) is 4.08. The first-order valence-corrected chi connectivity index (χ1v) is 11.3. The van der Waals surface area contributed by atoms with Gasteiger partial charge in [0.2, 0.25) is 5.91 Å². The molecule has 0 aliphatic rings. The molecule has 3 aromatic rings. The minimum absolute atomic E-state index is 0.0259. The van der Waals surface area contributed by atoms with Crippen molar-refractivity contribution in [2.24, 2.45) is 0 Å². The summed E-state index contributed by atoms with van der Waals surface area (Å²) in [5.41, 5.74) is 0.492. The van der Waals surface area contributed by atoms with Gasteiger partial charge in [-0.3, -0.25) is 9.59 Å². The average molecular weight is 474 g/mol. The van der Waals surface area contributed by atoms with Crippen molar-refractivity contribution in [2.75, 3.05) is 11.6 Å². The van der Waals surface area contributed by atoms with E-state index in [2.05, 4.69) is 25.7 Å². The molecule has 164 valence electrons. The number of nitrogens with zero attached hydrogens (tertiary/aromatic N) is 5. The number of hydrogen-bond acceptors (Lipinski definition) is 8. The van der Waals surface area contributed by atoms with Crippen LogP contribution in [0.1, 0.15) is 22.6 Å². The van der Waals surface area contributed by atoms with E-state index >= 15 is 0 Å². The highest BCUT2D eigenvalue weighted by Crippen LogP contribution is 2.19. The van der Waals surface area contributed by atoms with Crippen molar-refractivity contribution < 1.29 is 18.0 Å². The molecule has 0 aliphatic carbocycles. The van der Waals surface area contributed by atoms with E-state index in [0.717, 1.165) is 6.26 Å². The molecule has 0 fully saturated rings. The van der Waals surface area contributed by atoms with E-state index in [1.54, 1.807) is 18.2 Å². The lowest BCUT2D eigenvalue weighted by atomic mass is 10.2. The highest BCUT2D eigenvalue weighted by Gasteiger charge is 2.15.